The highest BCUT2D eigenvalue weighted by molar-refractivity contribution is 6.11. The molecule has 2 N–H and O–H groups in total. The second-order valence-electron chi connectivity index (χ2n) is 9.62. The molecule has 2 atom stereocenters. The van der Waals surface area contributed by atoms with Crippen molar-refractivity contribution in [1.82, 2.24) is 20.1 Å². The lowest BCUT2D eigenvalue weighted by molar-refractivity contribution is -0.140. The van der Waals surface area contributed by atoms with E-state index in [9.17, 15) is 14.4 Å². The molecule has 4 amide bonds. The Bertz CT molecular complexity index is 1040. The smallest absolute Gasteiger partial charge is 0.328 e. The number of nitrogens with one attached hydrogen (secondary N) is 2. The molecular formula is C24H32N4O3. The Morgan fingerprint density at radius 3 is 2.58 bits per heavy atom. The Morgan fingerprint density at radius 2 is 1.90 bits per heavy atom. The average Bonchev–Trinajstić information content (AvgIpc) is 3.18. The molecule has 4 rings (SSSR count). The van der Waals surface area contributed by atoms with E-state index in [0.717, 1.165) is 28.6 Å². The fraction of sp³-hybridized carbons (Fsp3) is 0.542. The number of amides is 4. The Hall–Kier alpha value is -2.83. The summed E-state index contributed by atoms with van der Waals surface area (Å²) in [4.78, 5) is 46.5. The van der Waals surface area contributed by atoms with E-state index >= 15 is 0 Å². The molecule has 2 aromatic rings. The molecular weight excluding hydrogens is 392 g/mol. The van der Waals surface area contributed by atoms with Crippen LogP contribution in [-0.4, -0.2) is 51.8 Å². The van der Waals surface area contributed by atoms with Crippen LogP contribution in [0.3, 0.4) is 0 Å². The number of nitrogens with zero attached hydrogens (tertiary/aromatic N) is 2. The van der Waals surface area contributed by atoms with Crippen molar-refractivity contribution in [2.75, 3.05) is 13.1 Å². The minimum Gasteiger partial charge on any atom is -0.356 e. The zero-order valence-electron chi connectivity index (χ0n) is 19.0. The molecule has 7 nitrogen and oxygen atoms in total. The SMILES string of the molecule is CC(C)CCNC(=O)[C@H](C(C)C)N1C(=O)N2CCc3c([nH]c4ccccc34)[C@]2(C)C1=O. The summed E-state index contributed by atoms with van der Waals surface area (Å²) in [5.41, 5.74) is 1.68. The van der Waals surface area contributed by atoms with Crippen molar-refractivity contribution in [2.45, 2.75) is 59.0 Å². The molecule has 7 heteroatoms. The highest BCUT2D eigenvalue weighted by atomic mass is 16.2. The molecule has 2 aliphatic rings. The van der Waals surface area contributed by atoms with E-state index < -0.39 is 11.6 Å². The number of imide groups is 1. The monoisotopic (exact) mass is 424 g/mol. The molecule has 1 saturated heterocycles. The summed E-state index contributed by atoms with van der Waals surface area (Å²) in [5, 5.41) is 4.02. The molecule has 0 spiro atoms. The van der Waals surface area contributed by atoms with Gasteiger partial charge in [-0.15, -0.1) is 0 Å². The first-order valence-electron chi connectivity index (χ1n) is 11.2. The van der Waals surface area contributed by atoms with Gasteiger partial charge in [-0.25, -0.2) is 9.69 Å². The normalized spacial score (nSPS) is 21.8. The highest BCUT2D eigenvalue weighted by Gasteiger charge is 2.61. The average molecular weight is 425 g/mol. The van der Waals surface area contributed by atoms with Gasteiger partial charge in [-0.2, -0.15) is 0 Å². The van der Waals surface area contributed by atoms with E-state index in [2.05, 4.69) is 24.1 Å². The van der Waals surface area contributed by atoms with Crippen molar-refractivity contribution in [3.63, 3.8) is 0 Å². The molecule has 166 valence electrons. The Labute approximate surface area is 183 Å². The van der Waals surface area contributed by atoms with E-state index in [1.165, 1.54) is 4.90 Å². The van der Waals surface area contributed by atoms with Crippen LogP contribution >= 0.6 is 0 Å². The van der Waals surface area contributed by atoms with Gasteiger partial charge in [-0.1, -0.05) is 45.9 Å². The first-order valence-corrected chi connectivity index (χ1v) is 11.2. The molecule has 0 saturated carbocycles. The predicted molar refractivity (Wildman–Crippen MR) is 119 cm³/mol. The number of H-pyrrole nitrogens is 1. The van der Waals surface area contributed by atoms with E-state index in [1.54, 1.807) is 11.8 Å². The first kappa shape index (κ1) is 21.4. The number of benzene rings is 1. The molecule has 0 aliphatic carbocycles. The molecule has 0 bridgehead atoms. The zero-order chi connectivity index (χ0) is 22.5. The first-order chi connectivity index (χ1) is 14.7. The molecule has 3 heterocycles. The van der Waals surface area contributed by atoms with Gasteiger partial charge in [0.05, 0.1) is 5.69 Å². The largest absolute Gasteiger partial charge is 0.356 e. The standard InChI is InChI=1S/C24H32N4O3/c1-14(2)10-12-25-21(29)19(15(3)4)28-22(30)24(5)20-17(11-13-27(24)23(28)31)16-8-6-7-9-18(16)26-20/h6-9,14-15,19,26H,10-13H2,1-5H3,(H,25,29)/t19-,24+/m0/s1. The predicted octanol–water partition coefficient (Wildman–Crippen LogP) is 3.39. The number of rotatable bonds is 6. The molecule has 1 aromatic heterocycles. The van der Waals surface area contributed by atoms with Crippen LogP contribution in [0.15, 0.2) is 24.3 Å². The third kappa shape index (κ3) is 3.22. The van der Waals surface area contributed by atoms with Crippen LogP contribution in [-0.2, 0) is 21.5 Å². The number of carbonyl (C=O) groups excluding carboxylic acids is 3. The van der Waals surface area contributed by atoms with Crippen LogP contribution in [0.5, 0.6) is 0 Å². The fourth-order valence-electron chi connectivity index (χ4n) is 4.97. The van der Waals surface area contributed by atoms with Gasteiger partial charge in [0.2, 0.25) is 5.91 Å². The highest BCUT2D eigenvalue weighted by Crippen LogP contribution is 2.45. The van der Waals surface area contributed by atoms with Crippen molar-refractivity contribution in [1.29, 1.82) is 0 Å². The number of aromatic nitrogens is 1. The molecule has 0 unspecified atom stereocenters. The topological polar surface area (TPSA) is 85.5 Å². The molecule has 2 aliphatic heterocycles. The van der Waals surface area contributed by atoms with E-state index in [1.807, 2.05) is 38.1 Å². The summed E-state index contributed by atoms with van der Waals surface area (Å²) in [6.07, 6.45) is 1.52. The second kappa shape index (κ2) is 7.70. The lowest BCUT2D eigenvalue weighted by atomic mass is 9.86. The third-order valence-corrected chi connectivity index (χ3v) is 6.70. The molecule has 1 aromatic carbocycles. The Balaban J connectivity index is 1.71. The van der Waals surface area contributed by atoms with Crippen LogP contribution in [0.1, 0.15) is 52.3 Å². The number of para-hydroxylation sites is 1. The number of hydrogen-bond donors (Lipinski definition) is 2. The number of hydrogen-bond acceptors (Lipinski definition) is 3. The van der Waals surface area contributed by atoms with Gasteiger partial charge in [0.25, 0.3) is 5.91 Å². The van der Waals surface area contributed by atoms with Crippen LogP contribution in [0.4, 0.5) is 4.79 Å². The quantitative estimate of drug-likeness (QED) is 0.697. The van der Waals surface area contributed by atoms with Gasteiger partial charge in [-0.3, -0.25) is 9.59 Å². The van der Waals surface area contributed by atoms with Crippen LogP contribution < -0.4 is 5.32 Å². The maximum atomic E-state index is 13.8. The van der Waals surface area contributed by atoms with Crippen LogP contribution in [0.2, 0.25) is 0 Å². The molecule has 0 radical (unpaired) electrons. The number of aromatic amines is 1. The van der Waals surface area contributed by atoms with E-state index in [0.29, 0.717) is 25.4 Å². The summed E-state index contributed by atoms with van der Waals surface area (Å²) in [6.45, 7) is 10.7. The number of fused-ring (bicyclic) bond motifs is 5. The molecule has 1 fully saturated rings. The zero-order valence-corrected chi connectivity index (χ0v) is 19.0. The van der Waals surface area contributed by atoms with E-state index in [-0.39, 0.29) is 23.8 Å². The Morgan fingerprint density at radius 1 is 1.19 bits per heavy atom. The van der Waals surface area contributed by atoms with Crippen molar-refractivity contribution in [2.24, 2.45) is 11.8 Å². The summed E-state index contributed by atoms with van der Waals surface area (Å²) in [5.74, 6) is -0.333. The number of carbonyl (C=O) groups is 3. The van der Waals surface area contributed by atoms with Crippen molar-refractivity contribution >= 4 is 28.7 Å². The van der Waals surface area contributed by atoms with Crippen LogP contribution in [0.25, 0.3) is 10.9 Å². The number of urea groups is 1. The van der Waals surface area contributed by atoms with Gasteiger partial charge in [0.1, 0.15) is 6.04 Å². The Kier molecular flexibility index (Phi) is 5.31. The van der Waals surface area contributed by atoms with Gasteiger partial charge >= 0.3 is 6.03 Å². The summed E-state index contributed by atoms with van der Waals surface area (Å²) in [6, 6.07) is 6.75. The second-order valence-corrected chi connectivity index (χ2v) is 9.62. The summed E-state index contributed by atoms with van der Waals surface area (Å²) < 4.78 is 0. The van der Waals surface area contributed by atoms with E-state index in [4.69, 9.17) is 0 Å². The minimum atomic E-state index is -1.13. The lowest BCUT2D eigenvalue weighted by Crippen LogP contribution is -2.53. The van der Waals surface area contributed by atoms with Gasteiger partial charge < -0.3 is 15.2 Å². The van der Waals surface area contributed by atoms with Gasteiger partial charge in [0.15, 0.2) is 5.54 Å². The van der Waals surface area contributed by atoms with Crippen molar-refractivity contribution in [3.05, 3.63) is 35.5 Å². The fourth-order valence-corrected chi connectivity index (χ4v) is 4.97. The van der Waals surface area contributed by atoms with Crippen molar-refractivity contribution < 1.29 is 14.4 Å². The van der Waals surface area contributed by atoms with Gasteiger partial charge in [0, 0.05) is 24.0 Å². The maximum absolute atomic E-state index is 13.8. The minimum absolute atomic E-state index is 0.195. The molecule has 31 heavy (non-hydrogen) atoms. The summed E-state index contributed by atoms with van der Waals surface area (Å²) >= 11 is 0. The van der Waals surface area contributed by atoms with Crippen molar-refractivity contribution in [3.8, 4) is 0 Å². The lowest BCUT2D eigenvalue weighted by Gasteiger charge is -2.36. The third-order valence-electron chi connectivity index (χ3n) is 6.70. The van der Waals surface area contributed by atoms with Gasteiger partial charge in [-0.05, 0) is 43.2 Å². The summed E-state index contributed by atoms with van der Waals surface area (Å²) in [7, 11) is 0. The van der Waals surface area contributed by atoms with Crippen LogP contribution in [0, 0.1) is 11.8 Å². The maximum Gasteiger partial charge on any atom is 0.328 e.